The average Bonchev–Trinajstić information content (AvgIpc) is 2.68. The summed E-state index contributed by atoms with van der Waals surface area (Å²) in [7, 11) is 0. The van der Waals surface area contributed by atoms with Crippen LogP contribution in [0, 0.1) is 5.92 Å². The number of fused-ring (bicyclic) bond motifs is 1. The summed E-state index contributed by atoms with van der Waals surface area (Å²) >= 11 is 0. The first-order valence-corrected chi connectivity index (χ1v) is 6.78. The summed E-state index contributed by atoms with van der Waals surface area (Å²) in [5, 5.41) is 2.90. The van der Waals surface area contributed by atoms with Crippen molar-refractivity contribution < 1.29 is 14.3 Å². The quantitative estimate of drug-likeness (QED) is 0.908. The van der Waals surface area contributed by atoms with Crippen LogP contribution in [0.15, 0.2) is 12.1 Å². The van der Waals surface area contributed by atoms with E-state index >= 15 is 0 Å². The molecular formula is C15H21NO3. The highest BCUT2D eigenvalue weighted by Gasteiger charge is 2.22. The third-order valence-electron chi connectivity index (χ3n) is 3.08. The van der Waals surface area contributed by atoms with Gasteiger partial charge in [0.25, 0.3) is 0 Å². The largest absolute Gasteiger partial charge is 0.492 e. The Balaban J connectivity index is 2.30. The minimum atomic E-state index is -0.0671. The van der Waals surface area contributed by atoms with E-state index in [1.165, 1.54) is 0 Å². The number of hydrogen-bond acceptors (Lipinski definition) is 3. The normalized spacial score (nSPS) is 17.0. The Labute approximate surface area is 114 Å². The second kappa shape index (κ2) is 5.51. The van der Waals surface area contributed by atoms with Gasteiger partial charge in [-0.2, -0.15) is 0 Å². The van der Waals surface area contributed by atoms with Crippen molar-refractivity contribution >= 4 is 11.6 Å². The van der Waals surface area contributed by atoms with Gasteiger partial charge < -0.3 is 14.8 Å². The van der Waals surface area contributed by atoms with Gasteiger partial charge in [-0.15, -0.1) is 0 Å². The minimum absolute atomic E-state index is 0.0213. The summed E-state index contributed by atoms with van der Waals surface area (Å²) in [6.07, 6.45) is 1.06. The lowest BCUT2D eigenvalue weighted by molar-refractivity contribution is -0.118. The van der Waals surface area contributed by atoms with Crippen molar-refractivity contribution in [2.75, 3.05) is 11.9 Å². The monoisotopic (exact) mass is 263 g/mol. The lowest BCUT2D eigenvalue weighted by Crippen LogP contribution is -2.18. The Morgan fingerprint density at radius 2 is 2.26 bits per heavy atom. The molecule has 4 nitrogen and oxygen atoms in total. The van der Waals surface area contributed by atoms with Crippen LogP contribution < -0.4 is 14.8 Å². The number of anilines is 1. The van der Waals surface area contributed by atoms with Crippen LogP contribution in [0.25, 0.3) is 0 Å². The molecule has 1 aliphatic rings. The van der Waals surface area contributed by atoms with Crippen LogP contribution in [0.4, 0.5) is 5.69 Å². The summed E-state index contributed by atoms with van der Waals surface area (Å²) in [6, 6.07) is 3.84. The zero-order valence-electron chi connectivity index (χ0n) is 11.9. The van der Waals surface area contributed by atoms with E-state index in [9.17, 15) is 4.79 Å². The van der Waals surface area contributed by atoms with Crippen LogP contribution in [0.3, 0.4) is 0 Å². The van der Waals surface area contributed by atoms with Gasteiger partial charge in [0.05, 0.1) is 12.3 Å². The number of carbonyl (C=O) groups excluding carboxylic acids is 1. The first kappa shape index (κ1) is 13.7. The zero-order chi connectivity index (χ0) is 14.0. The van der Waals surface area contributed by atoms with Crippen LogP contribution in [0.1, 0.15) is 33.3 Å². The maximum absolute atomic E-state index is 11.8. The summed E-state index contributed by atoms with van der Waals surface area (Å²) < 4.78 is 11.3. The molecule has 0 saturated heterocycles. The number of rotatable bonds is 4. The summed E-state index contributed by atoms with van der Waals surface area (Å²) in [5.41, 5.74) is 1.83. The van der Waals surface area contributed by atoms with Gasteiger partial charge in [-0.25, -0.2) is 0 Å². The van der Waals surface area contributed by atoms with Crippen LogP contribution in [-0.4, -0.2) is 18.6 Å². The van der Waals surface area contributed by atoms with E-state index in [1.807, 2.05) is 39.8 Å². The van der Waals surface area contributed by atoms with Gasteiger partial charge in [0.2, 0.25) is 5.91 Å². The predicted octanol–water partition coefficient (Wildman–Crippen LogP) is 3.00. The molecule has 0 radical (unpaired) electrons. The number of amides is 1. The molecule has 1 aliphatic heterocycles. The Morgan fingerprint density at radius 3 is 2.89 bits per heavy atom. The number of hydrogen-bond donors (Lipinski definition) is 1. The Hall–Kier alpha value is -1.71. The highest BCUT2D eigenvalue weighted by molar-refractivity contribution is 5.94. The molecule has 0 aromatic heterocycles. The topological polar surface area (TPSA) is 47.6 Å². The molecule has 1 heterocycles. The van der Waals surface area contributed by atoms with Crippen LogP contribution in [0.2, 0.25) is 0 Å². The average molecular weight is 263 g/mol. The van der Waals surface area contributed by atoms with E-state index in [-0.39, 0.29) is 17.9 Å². The fourth-order valence-corrected chi connectivity index (χ4v) is 2.09. The molecule has 0 saturated carbocycles. The molecule has 1 amide bonds. The van der Waals surface area contributed by atoms with E-state index in [1.54, 1.807) is 0 Å². The Bertz CT molecular complexity index is 483. The lowest BCUT2D eigenvalue weighted by Gasteiger charge is -2.14. The number of benzene rings is 1. The van der Waals surface area contributed by atoms with Crippen molar-refractivity contribution in [1.29, 1.82) is 0 Å². The van der Waals surface area contributed by atoms with E-state index in [2.05, 4.69) is 5.32 Å². The second-order valence-electron chi connectivity index (χ2n) is 5.17. The standard InChI is InChI=1S/C15H21NO3/c1-5-18-14-7-11-6-10(4)19-13(11)8-12(14)16-15(17)9(2)3/h7-10H,5-6H2,1-4H3,(H,16,17)/t10-/m0/s1. The maximum atomic E-state index is 11.8. The first-order chi connectivity index (χ1) is 9.01. The van der Waals surface area contributed by atoms with Gasteiger partial charge in [0.1, 0.15) is 17.6 Å². The minimum Gasteiger partial charge on any atom is -0.492 e. The SMILES string of the molecule is CCOc1cc2c(cc1NC(=O)C(C)C)O[C@@H](C)C2. The van der Waals surface area contributed by atoms with Gasteiger partial charge in [-0.3, -0.25) is 4.79 Å². The summed E-state index contributed by atoms with van der Waals surface area (Å²) in [5.74, 6) is 1.47. The molecule has 0 aliphatic carbocycles. The van der Waals surface area contributed by atoms with Crippen molar-refractivity contribution in [3.8, 4) is 11.5 Å². The molecule has 104 valence electrons. The highest BCUT2D eigenvalue weighted by Crippen LogP contribution is 2.38. The van der Waals surface area contributed by atoms with E-state index in [0.717, 1.165) is 17.7 Å². The highest BCUT2D eigenvalue weighted by atomic mass is 16.5. The van der Waals surface area contributed by atoms with Gasteiger partial charge in [-0.05, 0) is 19.9 Å². The second-order valence-corrected chi connectivity index (χ2v) is 5.17. The van der Waals surface area contributed by atoms with Gasteiger partial charge >= 0.3 is 0 Å². The molecule has 4 heteroatoms. The third-order valence-corrected chi connectivity index (χ3v) is 3.08. The van der Waals surface area contributed by atoms with Crippen molar-refractivity contribution in [3.63, 3.8) is 0 Å². The number of carbonyl (C=O) groups is 1. The van der Waals surface area contributed by atoms with Crippen molar-refractivity contribution in [2.24, 2.45) is 5.92 Å². The van der Waals surface area contributed by atoms with E-state index < -0.39 is 0 Å². The maximum Gasteiger partial charge on any atom is 0.227 e. The van der Waals surface area contributed by atoms with Crippen LogP contribution in [-0.2, 0) is 11.2 Å². The van der Waals surface area contributed by atoms with E-state index in [4.69, 9.17) is 9.47 Å². The van der Waals surface area contributed by atoms with Gasteiger partial charge in [0, 0.05) is 24.0 Å². The zero-order valence-corrected chi connectivity index (χ0v) is 11.9. The molecule has 2 rings (SSSR count). The van der Waals surface area contributed by atoms with Gasteiger partial charge in [0.15, 0.2) is 0 Å². The number of ether oxygens (including phenoxy) is 2. The molecule has 0 fully saturated rings. The lowest BCUT2D eigenvalue weighted by atomic mass is 10.1. The molecule has 1 aromatic carbocycles. The first-order valence-electron chi connectivity index (χ1n) is 6.78. The fraction of sp³-hybridized carbons (Fsp3) is 0.533. The Morgan fingerprint density at radius 1 is 1.53 bits per heavy atom. The summed E-state index contributed by atoms with van der Waals surface area (Å²) in [4.78, 5) is 11.8. The molecule has 0 unspecified atom stereocenters. The van der Waals surface area contributed by atoms with Crippen molar-refractivity contribution in [2.45, 2.75) is 40.2 Å². The predicted molar refractivity (Wildman–Crippen MR) is 74.9 cm³/mol. The van der Waals surface area contributed by atoms with Crippen molar-refractivity contribution in [1.82, 2.24) is 0 Å². The summed E-state index contributed by atoms with van der Waals surface area (Å²) in [6.45, 7) is 8.26. The third kappa shape index (κ3) is 3.00. The van der Waals surface area contributed by atoms with Crippen LogP contribution in [0.5, 0.6) is 11.5 Å². The van der Waals surface area contributed by atoms with E-state index in [0.29, 0.717) is 18.0 Å². The van der Waals surface area contributed by atoms with Crippen molar-refractivity contribution in [3.05, 3.63) is 17.7 Å². The number of nitrogens with one attached hydrogen (secondary N) is 1. The molecule has 19 heavy (non-hydrogen) atoms. The molecule has 1 N–H and O–H groups in total. The fourth-order valence-electron chi connectivity index (χ4n) is 2.09. The van der Waals surface area contributed by atoms with Crippen LogP contribution >= 0.6 is 0 Å². The molecule has 1 atom stereocenters. The molecule has 0 spiro atoms. The molecular weight excluding hydrogens is 242 g/mol. The molecule has 1 aromatic rings. The molecule has 0 bridgehead atoms. The van der Waals surface area contributed by atoms with Gasteiger partial charge in [-0.1, -0.05) is 13.8 Å². The Kier molecular flexibility index (Phi) is 3.98. The smallest absolute Gasteiger partial charge is 0.227 e.